The fraction of sp³-hybridized carbons (Fsp3) is 0.444. The molecule has 2 aromatic heterocycles. The molecule has 0 unspecified atom stereocenters. The van der Waals surface area contributed by atoms with Gasteiger partial charge in [0.1, 0.15) is 0 Å². The van der Waals surface area contributed by atoms with Crippen LogP contribution in [0.15, 0.2) is 48.8 Å². The van der Waals surface area contributed by atoms with Gasteiger partial charge in [0.15, 0.2) is 0 Å². The Morgan fingerprint density at radius 1 is 0.783 bits per heavy atom. The van der Waals surface area contributed by atoms with Crippen LogP contribution in [0.4, 0.5) is 0 Å². The van der Waals surface area contributed by atoms with E-state index in [1.165, 1.54) is 25.7 Å². The molecule has 2 rings (SSSR count). The van der Waals surface area contributed by atoms with Crippen molar-refractivity contribution in [2.45, 2.75) is 48.4 Å². The van der Waals surface area contributed by atoms with Gasteiger partial charge in [-0.1, -0.05) is 12.1 Å². The third-order valence-electron chi connectivity index (χ3n) is 3.38. The fourth-order valence-electron chi connectivity index (χ4n) is 2.02. The molecule has 0 aliphatic heterocycles. The van der Waals surface area contributed by atoms with E-state index >= 15 is 0 Å². The van der Waals surface area contributed by atoms with Crippen molar-refractivity contribution >= 4 is 47.7 Å². The zero-order valence-electron chi connectivity index (χ0n) is 14.0. The predicted molar refractivity (Wildman–Crippen MR) is 121 cm³/mol. The topological polar surface area (TPSA) is 25.8 Å². The number of unbranched alkanes of at least 4 members (excludes halogenated alkanes) is 2. The van der Waals surface area contributed by atoms with Crippen LogP contribution in [0.3, 0.4) is 0 Å². The third kappa shape index (κ3) is 10.2. The van der Waals surface area contributed by atoms with Gasteiger partial charge in [-0.3, -0.25) is 9.97 Å². The molecule has 0 saturated heterocycles. The number of hydrogen-bond donors (Lipinski definition) is 0. The summed E-state index contributed by atoms with van der Waals surface area (Å²) >= 11 is 5.64. The molecule has 2 aromatic rings. The molecule has 0 aliphatic rings. The summed E-state index contributed by atoms with van der Waals surface area (Å²) < 4.78 is 3.18. The maximum atomic E-state index is 4.19. The van der Waals surface area contributed by atoms with Gasteiger partial charge in [0, 0.05) is 12.4 Å². The maximum Gasteiger partial charge on any atom is 0.0886 e. The van der Waals surface area contributed by atoms with E-state index in [2.05, 4.69) is 61.1 Å². The summed E-state index contributed by atoms with van der Waals surface area (Å²) in [6.45, 7) is 4.60. The first-order valence-corrected chi connectivity index (χ1v) is 29.0. The molecule has 0 radical (unpaired) electrons. The van der Waals surface area contributed by atoms with Crippen molar-refractivity contribution in [2.75, 3.05) is 0 Å². The Balaban J connectivity index is 0.000000232. The molecule has 2 nitrogen and oxygen atoms in total. The molecule has 0 aliphatic carbocycles. The van der Waals surface area contributed by atoms with Crippen LogP contribution < -0.4 is 0 Å². The van der Waals surface area contributed by atoms with E-state index in [0.29, 0.717) is 0 Å². The molecular weight excluding hydrogens is 617 g/mol. The van der Waals surface area contributed by atoms with Gasteiger partial charge < -0.3 is 0 Å². The van der Waals surface area contributed by atoms with Crippen LogP contribution in [-0.4, -0.2) is 20.4 Å². The molecule has 0 fully saturated rings. The molecular formula is C18H26I2N2Sn. The predicted octanol–water partition coefficient (Wildman–Crippen LogP) is 7.04. The minimum Gasteiger partial charge on any atom is -0.255 e. The van der Waals surface area contributed by atoms with Gasteiger partial charge in [0.05, 0.1) is 11.4 Å². The summed E-state index contributed by atoms with van der Waals surface area (Å²) in [4.78, 5) is 8.37. The fourth-order valence-corrected chi connectivity index (χ4v) is 17.9. The van der Waals surface area contributed by atoms with Gasteiger partial charge in [-0.2, -0.15) is 0 Å². The minimum atomic E-state index is -1.50. The Kier molecular flexibility index (Phi) is 12.1. The second-order valence-electron chi connectivity index (χ2n) is 5.49. The Hall–Kier alpha value is 0.559. The third-order valence-corrected chi connectivity index (χ3v) is 24.1. The normalized spacial score (nSPS) is 10.8. The molecule has 0 bridgehead atoms. The van der Waals surface area contributed by atoms with E-state index in [1.807, 2.05) is 36.4 Å². The first-order valence-electron chi connectivity index (χ1n) is 8.29. The Morgan fingerprint density at radius 3 is 1.52 bits per heavy atom. The van der Waals surface area contributed by atoms with Crippen molar-refractivity contribution < 1.29 is 0 Å². The molecule has 0 aromatic carbocycles. The quantitative estimate of drug-likeness (QED) is 0.239. The van der Waals surface area contributed by atoms with Gasteiger partial charge >= 0.3 is 96.1 Å². The van der Waals surface area contributed by atoms with Crippen LogP contribution in [0.1, 0.15) is 39.5 Å². The Labute approximate surface area is 164 Å². The molecule has 0 saturated carbocycles. The maximum absolute atomic E-state index is 4.19. The molecule has 0 atom stereocenters. The van der Waals surface area contributed by atoms with Crippen molar-refractivity contribution in [3.8, 4) is 11.4 Å². The van der Waals surface area contributed by atoms with Crippen molar-refractivity contribution in [1.82, 2.24) is 9.97 Å². The molecule has 2 heterocycles. The first kappa shape index (κ1) is 21.6. The summed E-state index contributed by atoms with van der Waals surface area (Å²) in [6, 6.07) is 11.6. The average Bonchev–Trinajstić information content (AvgIpc) is 2.60. The standard InChI is InChI=1S/C10H8N2.2C4H9.2HI.Sn/c1-3-7-11-9(5-1)10-6-2-4-8-12-10;2*1-3-4-2;;;/h1-8H;2*1,3-4H2,2H3;2*1H;/q;;;;;+2/p-2. The Bertz CT molecular complexity index is 474. The Morgan fingerprint density at radius 2 is 1.22 bits per heavy atom. The molecule has 0 spiro atoms. The number of halogens is 2. The molecule has 0 amide bonds. The zero-order valence-corrected chi connectivity index (χ0v) is 21.2. The number of hydrogen-bond acceptors (Lipinski definition) is 2. The van der Waals surface area contributed by atoms with E-state index < -0.39 is 10.4 Å². The van der Waals surface area contributed by atoms with Gasteiger partial charge in [0.25, 0.3) is 0 Å². The van der Waals surface area contributed by atoms with E-state index in [1.54, 1.807) is 21.3 Å². The van der Waals surface area contributed by atoms with Crippen LogP contribution in [-0.2, 0) is 0 Å². The molecule has 0 N–H and O–H groups in total. The van der Waals surface area contributed by atoms with Crippen LogP contribution in [0.25, 0.3) is 11.4 Å². The summed E-state index contributed by atoms with van der Waals surface area (Å²) in [5.74, 6) is 0. The zero-order chi connectivity index (χ0) is 17.0. The second-order valence-corrected chi connectivity index (χ2v) is 54.8. The van der Waals surface area contributed by atoms with Crippen molar-refractivity contribution in [3.63, 3.8) is 0 Å². The largest absolute Gasteiger partial charge is 0.255 e. The van der Waals surface area contributed by atoms with E-state index in [9.17, 15) is 0 Å². The smallest absolute Gasteiger partial charge is 0.0886 e. The first-order chi connectivity index (χ1) is 11.1. The number of aromatic nitrogens is 2. The number of rotatable bonds is 7. The van der Waals surface area contributed by atoms with E-state index in [4.69, 9.17) is 0 Å². The van der Waals surface area contributed by atoms with Crippen molar-refractivity contribution in [2.24, 2.45) is 0 Å². The van der Waals surface area contributed by atoms with Crippen LogP contribution in [0, 0.1) is 0 Å². The number of pyridine rings is 2. The minimum absolute atomic E-state index is 0.915. The van der Waals surface area contributed by atoms with Gasteiger partial charge in [-0.25, -0.2) is 0 Å². The SMILES string of the molecule is CCC[CH2][Sn]([I])([I])[CH2]CCC.c1ccc(-c2ccccn2)nc1. The van der Waals surface area contributed by atoms with Gasteiger partial charge in [-0.15, -0.1) is 0 Å². The van der Waals surface area contributed by atoms with Crippen molar-refractivity contribution in [3.05, 3.63) is 48.8 Å². The molecule has 126 valence electrons. The molecule has 5 heteroatoms. The van der Waals surface area contributed by atoms with Crippen LogP contribution in [0.5, 0.6) is 0 Å². The summed E-state index contributed by atoms with van der Waals surface area (Å²) in [6.07, 6.45) is 9.26. The van der Waals surface area contributed by atoms with Crippen LogP contribution in [0.2, 0.25) is 8.87 Å². The summed E-state index contributed by atoms with van der Waals surface area (Å²) in [5, 5.41) is 0. The summed E-state index contributed by atoms with van der Waals surface area (Å²) in [5.41, 5.74) is 1.83. The number of nitrogens with zero attached hydrogens (tertiary/aromatic N) is 2. The van der Waals surface area contributed by atoms with E-state index in [-0.39, 0.29) is 0 Å². The van der Waals surface area contributed by atoms with E-state index in [0.717, 1.165) is 11.4 Å². The van der Waals surface area contributed by atoms with Gasteiger partial charge in [0.2, 0.25) is 0 Å². The van der Waals surface area contributed by atoms with Crippen LogP contribution >= 0.6 is 37.3 Å². The second kappa shape index (κ2) is 12.9. The van der Waals surface area contributed by atoms with Gasteiger partial charge in [-0.05, 0) is 24.3 Å². The average molecular weight is 643 g/mol. The molecule has 23 heavy (non-hydrogen) atoms. The monoisotopic (exact) mass is 644 g/mol. The summed E-state index contributed by atoms with van der Waals surface area (Å²) in [7, 11) is -1.50. The van der Waals surface area contributed by atoms with Crippen molar-refractivity contribution in [1.29, 1.82) is 0 Å².